The number of amides is 1. The third-order valence-electron chi connectivity index (χ3n) is 3.88. The summed E-state index contributed by atoms with van der Waals surface area (Å²) in [6, 6.07) is 4.20. The molecule has 1 saturated carbocycles. The third-order valence-corrected chi connectivity index (χ3v) is 4.93. The molecule has 0 saturated heterocycles. The summed E-state index contributed by atoms with van der Waals surface area (Å²) >= 11 is 1.69. The van der Waals surface area contributed by atoms with Gasteiger partial charge in [-0.15, -0.1) is 11.3 Å². The molecule has 4 heteroatoms. The van der Waals surface area contributed by atoms with Crippen LogP contribution in [0.4, 0.5) is 0 Å². The maximum Gasteiger partial charge on any atom is 0.223 e. The molecular formula is C14H22N2OS. The first-order valence-electron chi connectivity index (χ1n) is 6.76. The highest BCUT2D eigenvalue weighted by atomic mass is 32.1. The molecular weight excluding hydrogens is 244 g/mol. The van der Waals surface area contributed by atoms with Crippen LogP contribution in [0.2, 0.25) is 0 Å². The van der Waals surface area contributed by atoms with E-state index in [1.54, 1.807) is 11.3 Å². The highest BCUT2D eigenvalue weighted by Crippen LogP contribution is 2.30. The minimum Gasteiger partial charge on any atom is -0.349 e. The Morgan fingerprint density at radius 3 is 3.00 bits per heavy atom. The van der Waals surface area contributed by atoms with Crippen LogP contribution in [0.25, 0.3) is 0 Å². The molecule has 3 N–H and O–H groups in total. The van der Waals surface area contributed by atoms with Crippen LogP contribution >= 0.6 is 11.3 Å². The van der Waals surface area contributed by atoms with Crippen molar-refractivity contribution in [3.05, 3.63) is 22.4 Å². The Kier molecular flexibility index (Phi) is 4.78. The molecule has 18 heavy (non-hydrogen) atoms. The van der Waals surface area contributed by atoms with Crippen molar-refractivity contribution in [2.24, 2.45) is 17.6 Å². The minimum absolute atomic E-state index is 0.109. The second kappa shape index (κ2) is 6.34. The Morgan fingerprint density at radius 1 is 1.56 bits per heavy atom. The van der Waals surface area contributed by atoms with E-state index in [1.165, 1.54) is 11.3 Å². The zero-order valence-corrected chi connectivity index (χ0v) is 11.7. The average Bonchev–Trinajstić information content (AvgIpc) is 2.92. The zero-order valence-electron chi connectivity index (χ0n) is 10.9. The molecule has 3 unspecified atom stereocenters. The number of carbonyl (C=O) groups is 1. The second-order valence-corrected chi connectivity index (χ2v) is 6.11. The standard InChI is InChI=1S/C14H22N2OS/c1-10(13-7-4-8-18-13)16-14(17)12-6-3-2-5-11(12)9-15/h4,7-8,10-12H,2-3,5-6,9,15H2,1H3,(H,16,17). The van der Waals surface area contributed by atoms with Gasteiger partial charge in [0.2, 0.25) is 5.91 Å². The van der Waals surface area contributed by atoms with Crippen LogP contribution in [0.15, 0.2) is 17.5 Å². The van der Waals surface area contributed by atoms with E-state index in [-0.39, 0.29) is 17.9 Å². The molecule has 1 aliphatic carbocycles. The highest BCUT2D eigenvalue weighted by molar-refractivity contribution is 7.10. The van der Waals surface area contributed by atoms with E-state index in [9.17, 15) is 4.79 Å². The first kappa shape index (κ1) is 13.6. The van der Waals surface area contributed by atoms with Gasteiger partial charge >= 0.3 is 0 Å². The Morgan fingerprint density at radius 2 is 2.33 bits per heavy atom. The van der Waals surface area contributed by atoms with Crippen LogP contribution in [-0.4, -0.2) is 12.5 Å². The van der Waals surface area contributed by atoms with Gasteiger partial charge in [-0.05, 0) is 43.7 Å². The van der Waals surface area contributed by atoms with Crippen molar-refractivity contribution >= 4 is 17.2 Å². The van der Waals surface area contributed by atoms with E-state index in [0.717, 1.165) is 19.3 Å². The van der Waals surface area contributed by atoms with Gasteiger partial charge in [0.05, 0.1) is 6.04 Å². The predicted octanol–water partition coefficient (Wildman–Crippen LogP) is 2.69. The molecule has 1 fully saturated rings. The summed E-state index contributed by atoms with van der Waals surface area (Å²) in [5.41, 5.74) is 5.78. The molecule has 1 aromatic rings. The molecule has 1 heterocycles. The summed E-state index contributed by atoms with van der Waals surface area (Å²) in [7, 11) is 0. The van der Waals surface area contributed by atoms with Gasteiger partial charge in [-0.1, -0.05) is 18.9 Å². The summed E-state index contributed by atoms with van der Waals surface area (Å²) in [5, 5.41) is 5.18. The summed E-state index contributed by atoms with van der Waals surface area (Å²) in [4.78, 5) is 13.5. The van der Waals surface area contributed by atoms with Crippen molar-refractivity contribution in [3.8, 4) is 0 Å². The number of thiophene rings is 1. The molecule has 0 aliphatic heterocycles. The van der Waals surface area contributed by atoms with Gasteiger partial charge in [0, 0.05) is 10.8 Å². The maximum absolute atomic E-state index is 12.3. The Balaban J connectivity index is 1.94. The summed E-state index contributed by atoms with van der Waals surface area (Å²) in [6.45, 7) is 2.68. The number of carbonyl (C=O) groups excluding carboxylic acids is 1. The van der Waals surface area contributed by atoms with Crippen molar-refractivity contribution < 1.29 is 4.79 Å². The lowest BCUT2D eigenvalue weighted by Gasteiger charge is -2.30. The number of nitrogens with two attached hydrogens (primary N) is 1. The molecule has 1 aromatic heterocycles. The summed E-state index contributed by atoms with van der Waals surface area (Å²) < 4.78 is 0. The number of rotatable bonds is 4. The fraction of sp³-hybridized carbons (Fsp3) is 0.643. The van der Waals surface area contributed by atoms with Crippen molar-refractivity contribution in [1.29, 1.82) is 0 Å². The lowest BCUT2D eigenvalue weighted by atomic mass is 9.78. The van der Waals surface area contributed by atoms with Crippen LogP contribution in [0.5, 0.6) is 0 Å². The maximum atomic E-state index is 12.3. The molecule has 0 bridgehead atoms. The molecule has 0 spiro atoms. The van der Waals surface area contributed by atoms with Gasteiger partial charge in [-0.25, -0.2) is 0 Å². The van der Waals surface area contributed by atoms with Crippen LogP contribution in [0, 0.1) is 11.8 Å². The lowest BCUT2D eigenvalue weighted by molar-refractivity contribution is -0.128. The smallest absolute Gasteiger partial charge is 0.223 e. The Labute approximate surface area is 113 Å². The fourth-order valence-electron chi connectivity index (χ4n) is 2.76. The Bertz CT molecular complexity index is 377. The molecule has 0 aromatic carbocycles. The van der Waals surface area contributed by atoms with Crippen molar-refractivity contribution in [1.82, 2.24) is 5.32 Å². The minimum atomic E-state index is 0.109. The van der Waals surface area contributed by atoms with Gasteiger partial charge < -0.3 is 11.1 Å². The number of hydrogen-bond acceptors (Lipinski definition) is 3. The van der Waals surface area contributed by atoms with Gasteiger partial charge in [0.1, 0.15) is 0 Å². The number of nitrogens with one attached hydrogen (secondary N) is 1. The third kappa shape index (κ3) is 3.12. The van der Waals surface area contributed by atoms with Crippen molar-refractivity contribution in [3.63, 3.8) is 0 Å². The largest absolute Gasteiger partial charge is 0.349 e. The topological polar surface area (TPSA) is 55.1 Å². The first-order chi connectivity index (χ1) is 8.72. The Hall–Kier alpha value is -0.870. The van der Waals surface area contributed by atoms with E-state index in [1.807, 2.05) is 18.4 Å². The average molecular weight is 266 g/mol. The van der Waals surface area contributed by atoms with Gasteiger partial charge in [-0.3, -0.25) is 4.79 Å². The van der Waals surface area contributed by atoms with E-state index in [0.29, 0.717) is 12.5 Å². The predicted molar refractivity (Wildman–Crippen MR) is 75.4 cm³/mol. The fourth-order valence-corrected chi connectivity index (χ4v) is 3.50. The van der Waals surface area contributed by atoms with Gasteiger partial charge in [0.15, 0.2) is 0 Å². The SMILES string of the molecule is CC(NC(=O)C1CCCCC1CN)c1cccs1. The molecule has 3 atom stereocenters. The molecule has 2 rings (SSSR count). The molecule has 1 amide bonds. The quantitative estimate of drug-likeness (QED) is 0.880. The molecule has 3 nitrogen and oxygen atoms in total. The van der Waals surface area contributed by atoms with Crippen LogP contribution in [0.3, 0.4) is 0 Å². The van der Waals surface area contributed by atoms with E-state index in [2.05, 4.69) is 11.4 Å². The van der Waals surface area contributed by atoms with Crippen LogP contribution in [-0.2, 0) is 4.79 Å². The van der Waals surface area contributed by atoms with Crippen LogP contribution < -0.4 is 11.1 Å². The van der Waals surface area contributed by atoms with Gasteiger partial charge in [0.25, 0.3) is 0 Å². The number of hydrogen-bond donors (Lipinski definition) is 2. The summed E-state index contributed by atoms with van der Waals surface area (Å²) in [6.07, 6.45) is 4.46. The first-order valence-corrected chi connectivity index (χ1v) is 7.64. The van der Waals surface area contributed by atoms with E-state index < -0.39 is 0 Å². The normalized spacial score (nSPS) is 25.7. The molecule has 0 radical (unpaired) electrons. The van der Waals surface area contributed by atoms with Crippen LogP contribution in [0.1, 0.15) is 43.5 Å². The molecule has 100 valence electrons. The summed E-state index contributed by atoms with van der Waals surface area (Å²) in [5.74, 6) is 0.673. The van der Waals surface area contributed by atoms with Crippen molar-refractivity contribution in [2.45, 2.75) is 38.6 Å². The lowest BCUT2D eigenvalue weighted by Crippen LogP contribution is -2.40. The van der Waals surface area contributed by atoms with Crippen molar-refractivity contribution in [2.75, 3.05) is 6.54 Å². The monoisotopic (exact) mass is 266 g/mol. The highest BCUT2D eigenvalue weighted by Gasteiger charge is 2.30. The molecule has 1 aliphatic rings. The zero-order chi connectivity index (χ0) is 13.0. The van der Waals surface area contributed by atoms with E-state index in [4.69, 9.17) is 5.73 Å². The van der Waals surface area contributed by atoms with E-state index >= 15 is 0 Å². The second-order valence-electron chi connectivity index (χ2n) is 5.13. The van der Waals surface area contributed by atoms with Gasteiger partial charge in [-0.2, -0.15) is 0 Å².